The van der Waals surface area contributed by atoms with Crippen LogP contribution in [0.4, 0.5) is 0 Å². The Morgan fingerprint density at radius 3 is 2.23 bits per heavy atom. The highest BCUT2D eigenvalue weighted by Gasteiger charge is 2.24. The zero-order chi connectivity index (χ0) is 19.7. The van der Waals surface area contributed by atoms with E-state index >= 15 is 0 Å². The van der Waals surface area contributed by atoms with E-state index in [0.29, 0.717) is 25.8 Å². The Morgan fingerprint density at radius 1 is 1.08 bits per heavy atom. The van der Waals surface area contributed by atoms with Gasteiger partial charge in [-0.1, -0.05) is 20.3 Å². The number of hydrogen-bond donors (Lipinski definition) is 3. The van der Waals surface area contributed by atoms with Crippen LogP contribution in [0.3, 0.4) is 0 Å². The number of unbranched alkanes of at least 4 members (excludes halogenated alkanes) is 2. The summed E-state index contributed by atoms with van der Waals surface area (Å²) in [5.41, 5.74) is 0. The van der Waals surface area contributed by atoms with Gasteiger partial charge in [-0.25, -0.2) is 0 Å². The Bertz CT molecular complexity index is 581. The van der Waals surface area contributed by atoms with Gasteiger partial charge in [-0.2, -0.15) is 0 Å². The molecule has 9 nitrogen and oxygen atoms in total. The van der Waals surface area contributed by atoms with Gasteiger partial charge < -0.3 is 15.7 Å². The smallest absolute Gasteiger partial charge is 0.322 e. The number of imide groups is 1. The van der Waals surface area contributed by atoms with E-state index in [1.165, 1.54) is 12.2 Å². The maximum absolute atomic E-state index is 12.0. The number of nitrogens with one attached hydrogen (secondary N) is 2. The van der Waals surface area contributed by atoms with Gasteiger partial charge in [-0.15, -0.1) is 0 Å². The van der Waals surface area contributed by atoms with E-state index in [2.05, 4.69) is 10.6 Å². The van der Waals surface area contributed by atoms with Gasteiger partial charge in [0.2, 0.25) is 11.8 Å². The molecule has 0 aromatic rings. The SMILES string of the molecule is CC(C)[C@H](NC(=O)CCCCCN1C(=O)C=CC1=O)C(=O)NCC(=O)O. The van der Waals surface area contributed by atoms with Crippen LogP contribution in [0.15, 0.2) is 12.2 Å². The quantitative estimate of drug-likeness (QED) is 0.342. The predicted octanol–water partition coefficient (Wildman–Crippen LogP) is -0.187. The zero-order valence-electron chi connectivity index (χ0n) is 15.0. The highest BCUT2D eigenvalue weighted by molar-refractivity contribution is 6.12. The number of rotatable bonds is 11. The molecule has 0 saturated carbocycles. The molecule has 0 aliphatic carbocycles. The van der Waals surface area contributed by atoms with E-state index in [4.69, 9.17) is 5.11 Å². The van der Waals surface area contributed by atoms with Gasteiger partial charge in [-0.3, -0.25) is 28.9 Å². The van der Waals surface area contributed by atoms with Crippen molar-refractivity contribution in [3.05, 3.63) is 12.2 Å². The first-order chi connectivity index (χ1) is 12.2. The molecular formula is C17H25N3O6. The van der Waals surface area contributed by atoms with E-state index < -0.39 is 24.5 Å². The van der Waals surface area contributed by atoms with Crippen molar-refractivity contribution in [2.75, 3.05) is 13.1 Å². The first kappa shape index (κ1) is 21.3. The Labute approximate surface area is 151 Å². The largest absolute Gasteiger partial charge is 0.480 e. The van der Waals surface area contributed by atoms with Crippen molar-refractivity contribution in [2.45, 2.75) is 45.6 Å². The minimum atomic E-state index is -1.16. The number of carboxylic acids is 1. The second kappa shape index (κ2) is 10.3. The van der Waals surface area contributed by atoms with Crippen molar-refractivity contribution in [3.8, 4) is 0 Å². The Morgan fingerprint density at radius 2 is 1.69 bits per heavy atom. The summed E-state index contributed by atoms with van der Waals surface area (Å²) in [7, 11) is 0. The van der Waals surface area contributed by atoms with E-state index in [1.807, 2.05) is 0 Å². The summed E-state index contributed by atoms with van der Waals surface area (Å²) in [6.45, 7) is 3.33. The number of nitrogens with zero attached hydrogens (tertiary/aromatic N) is 1. The second-order valence-corrected chi connectivity index (χ2v) is 6.37. The van der Waals surface area contributed by atoms with Gasteiger partial charge in [0.1, 0.15) is 12.6 Å². The minimum Gasteiger partial charge on any atom is -0.480 e. The third kappa shape index (κ3) is 7.04. The van der Waals surface area contributed by atoms with Gasteiger partial charge in [0, 0.05) is 25.1 Å². The minimum absolute atomic E-state index is 0.188. The molecule has 0 unspecified atom stereocenters. The van der Waals surface area contributed by atoms with Crippen molar-refractivity contribution in [1.82, 2.24) is 15.5 Å². The summed E-state index contributed by atoms with van der Waals surface area (Å²) in [4.78, 5) is 58.4. The fourth-order valence-corrected chi connectivity index (χ4v) is 2.44. The van der Waals surface area contributed by atoms with Gasteiger partial charge in [-0.05, 0) is 18.8 Å². The summed E-state index contributed by atoms with van der Waals surface area (Å²) in [5.74, 6) is -2.82. The molecule has 4 amide bonds. The van der Waals surface area contributed by atoms with Gasteiger partial charge in [0.25, 0.3) is 11.8 Å². The third-order valence-electron chi connectivity index (χ3n) is 3.87. The number of carbonyl (C=O) groups is 5. The fourth-order valence-electron chi connectivity index (χ4n) is 2.44. The van der Waals surface area contributed by atoms with Crippen LogP contribution in [0.5, 0.6) is 0 Å². The van der Waals surface area contributed by atoms with E-state index in [1.54, 1.807) is 13.8 Å². The molecule has 1 heterocycles. The van der Waals surface area contributed by atoms with Crippen molar-refractivity contribution in [3.63, 3.8) is 0 Å². The maximum Gasteiger partial charge on any atom is 0.322 e. The molecule has 0 aromatic heterocycles. The van der Waals surface area contributed by atoms with Crippen molar-refractivity contribution >= 4 is 29.6 Å². The standard InChI is InChI=1S/C17H25N3O6/c1-11(2)16(17(26)18-10-15(24)25)19-12(21)6-4-3-5-9-20-13(22)7-8-14(20)23/h7-8,11,16H,3-6,9-10H2,1-2H3,(H,18,26)(H,19,21)(H,24,25)/t16-/m0/s1. The fraction of sp³-hybridized carbons (Fsp3) is 0.588. The summed E-state index contributed by atoms with van der Waals surface area (Å²) >= 11 is 0. The lowest BCUT2D eigenvalue weighted by Crippen LogP contribution is -2.50. The Balaban J connectivity index is 2.28. The molecule has 9 heteroatoms. The van der Waals surface area contributed by atoms with E-state index in [0.717, 1.165) is 4.90 Å². The molecule has 1 atom stereocenters. The average molecular weight is 367 g/mol. The lowest BCUT2D eigenvalue weighted by atomic mass is 10.0. The normalized spacial score (nSPS) is 14.7. The first-order valence-electron chi connectivity index (χ1n) is 8.54. The Hall–Kier alpha value is -2.71. The number of amides is 4. The van der Waals surface area contributed by atoms with Crippen LogP contribution in [0.25, 0.3) is 0 Å². The number of hydrogen-bond acceptors (Lipinski definition) is 5. The predicted molar refractivity (Wildman–Crippen MR) is 91.7 cm³/mol. The molecule has 0 spiro atoms. The molecule has 0 fully saturated rings. The van der Waals surface area contributed by atoms with Crippen LogP contribution in [0, 0.1) is 5.92 Å². The molecule has 0 aromatic carbocycles. The summed E-state index contributed by atoms with van der Waals surface area (Å²) in [6.07, 6.45) is 4.47. The van der Waals surface area contributed by atoms with Crippen LogP contribution < -0.4 is 10.6 Å². The number of carboxylic acid groups (broad SMARTS) is 1. The molecule has 1 rings (SSSR count). The molecular weight excluding hydrogens is 342 g/mol. The molecule has 0 saturated heterocycles. The van der Waals surface area contributed by atoms with E-state index in [-0.39, 0.29) is 30.1 Å². The van der Waals surface area contributed by atoms with Crippen LogP contribution in [-0.2, 0) is 24.0 Å². The lowest BCUT2D eigenvalue weighted by molar-refractivity contribution is -0.139. The first-order valence-corrected chi connectivity index (χ1v) is 8.54. The highest BCUT2D eigenvalue weighted by atomic mass is 16.4. The van der Waals surface area contributed by atoms with Crippen LogP contribution in [-0.4, -0.2) is 58.7 Å². The summed E-state index contributed by atoms with van der Waals surface area (Å²) in [5, 5.41) is 13.5. The Kier molecular flexibility index (Phi) is 8.47. The molecule has 0 radical (unpaired) electrons. The molecule has 1 aliphatic rings. The summed E-state index contributed by atoms with van der Waals surface area (Å²) in [6, 6.07) is -0.798. The number of aliphatic carboxylic acids is 1. The number of carbonyl (C=O) groups excluding carboxylic acids is 4. The second-order valence-electron chi connectivity index (χ2n) is 6.37. The van der Waals surface area contributed by atoms with Crippen molar-refractivity contribution in [1.29, 1.82) is 0 Å². The topological polar surface area (TPSA) is 133 Å². The third-order valence-corrected chi connectivity index (χ3v) is 3.87. The average Bonchev–Trinajstić information content (AvgIpc) is 2.88. The molecule has 1 aliphatic heterocycles. The van der Waals surface area contributed by atoms with Gasteiger partial charge >= 0.3 is 5.97 Å². The maximum atomic E-state index is 12.0. The monoisotopic (exact) mass is 367 g/mol. The van der Waals surface area contributed by atoms with Crippen molar-refractivity contribution < 1.29 is 29.1 Å². The molecule has 26 heavy (non-hydrogen) atoms. The molecule has 3 N–H and O–H groups in total. The zero-order valence-corrected chi connectivity index (χ0v) is 15.0. The molecule has 0 bridgehead atoms. The van der Waals surface area contributed by atoms with Gasteiger partial charge in [0.15, 0.2) is 0 Å². The van der Waals surface area contributed by atoms with Crippen LogP contribution >= 0.6 is 0 Å². The van der Waals surface area contributed by atoms with Gasteiger partial charge in [0.05, 0.1) is 0 Å². The molecule has 144 valence electrons. The van der Waals surface area contributed by atoms with Crippen LogP contribution in [0.1, 0.15) is 39.5 Å². The van der Waals surface area contributed by atoms with E-state index in [9.17, 15) is 24.0 Å². The highest BCUT2D eigenvalue weighted by Crippen LogP contribution is 2.08. The summed E-state index contributed by atoms with van der Waals surface area (Å²) < 4.78 is 0. The lowest BCUT2D eigenvalue weighted by Gasteiger charge is -2.21. The van der Waals surface area contributed by atoms with Crippen molar-refractivity contribution in [2.24, 2.45) is 5.92 Å². The van der Waals surface area contributed by atoms with Crippen LogP contribution in [0.2, 0.25) is 0 Å².